The molecular formula is C37H70N8O8. The van der Waals surface area contributed by atoms with Gasteiger partial charge in [-0.05, 0) is 81.1 Å². The zero-order valence-corrected chi connectivity index (χ0v) is 33.7. The van der Waals surface area contributed by atoms with Crippen molar-refractivity contribution in [1.29, 1.82) is 0 Å². The molecule has 0 aliphatic heterocycles. The summed E-state index contributed by atoms with van der Waals surface area (Å²) in [6.45, 7) is 18.5. The van der Waals surface area contributed by atoms with Crippen LogP contribution in [0.5, 0.6) is 0 Å². The zero-order chi connectivity index (χ0) is 41.0. The SMILES string of the molecule is CC(C)C[C@H](NC(=O)[C@H](CCCCN)NC(=O)[C@H](CC(C)C)NC(=O)[C@@H](NC(=O)[C@H](CC(C)C)NC(=O)[C@H](CC(C)C)NC(=O)CN)C(C)C)C(=O)O. The van der Waals surface area contributed by atoms with E-state index >= 15 is 0 Å². The molecule has 0 aliphatic carbocycles. The Bertz CT molecular complexity index is 1190. The Balaban J connectivity index is 6.21. The third-order valence-electron chi connectivity index (χ3n) is 8.37. The van der Waals surface area contributed by atoms with Crippen molar-refractivity contribution in [1.82, 2.24) is 31.9 Å². The fourth-order valence-electron chi connectivity index (χ4n) is 5.68. The van der Waals surface area contributed by atoms with Crippen molar-refractivity contribution in [2.75, 3.05) is 13.1 Å². The van der Waals surface area contributed by atoms with Crippen molar-refractivity contribution in [2.24, 2.45) is 41.1 Å². The second-order valence-electron chi connectivity index (χ2n) is 15.9. The number of rotatable bonds is 26. The van der Waals surface area contributed by atoms with Gasteiger partial charge >= 0.3 is 5.97 Å². The topological polar surface area (TPSA) is 264 Å². The quantitative estimate of drug-likeness (QED) is 0.0564. The minimum Gasteiger partial charge on any atom is -0.480 e. The highest BCUT2D eigenvalue weighted by molar-refractivity contribution is 5.97. The Morgan fingerprint density at radius 3 is 1.23 bits per heavy atom. The van der Waals surface area contributed by atoms with Gasteiger partial charge < -0.3 is 48.5 Å². The summed E-state index contributed by atoms with van der Waals surface area (Å²) in [6.07, 6.45) is 2.24. The standard InChI is InChI=1S/C37H70N8O8/c1-20(2)15-26(40-30(46)19-39)33(48)42-28(17-22(5)6)35(50)45-31(24(9)10)36(51)43-27(16-21(3)4)34(49)41-25(13-11-12-14-38)32(47)44-29(37(52)53)18-23(7)8/h20-29,31H,11-19,38-39H2,1-10H3,(H,40,46)(H,41,49)(H,42,48)(H,43,51)(H,44,47)(H,45,50)(H,52,53)/t25-,26-,27-,28-,29-,31-/m0/s1. The molecule has 0 aromatic carbocycles. The van der Waals surface area contributed by atoms with Crippen molar-refractivity contribution in [2.45, 2.75) is 150 Å². The van der Waals surface area contributed by atoms with Gasteiger partial charge in [0.1, 0.15) is 36.3 Å². The molecule has 0 heterocycles. The van der Waals surface area contributed by atoms with E-state index in [1.165, 1.54) is 0 Å². The first-order valence-corrected chi connectivity index (χ1v) is 19.1. The van der Waals surface area contributed by atoms with Gasteiger partial charge in [0.2, 0.25) is 35.4 Å². The Morgan fingerprint density at radius 1 is 0.472 bits per heavy atom. The van der Waals surface area contributed by atoms with E-state index in [-0.39, 0.29) is 55.9 Å². The van der Waals surface area contributed by atoms with Gasteiger partial charge in [-0.15, -0.1) is 0 Å². The molecule has 0 unspecified atom stereocenters. The van der Waals surface area contributed by atoms with Crippen LogP contribution in [-0.4, -0.2) is 95.9 Å². The molecule has 0 bridgehead atoms. The van der Waals surface area contributed by atoms with Crippen LogP contribution in [0.1, 0.15) is 114 Å². The van der Waals surface area contributed by atoms with Crippen LogP contribution in [0.15, 0.2) is 0 Å². The average Bonchev–Trinajstić information content (AvgIpc) is 3.03. The molecule has 0 fully saturated rings. The Morgan fingerprint density at radius 2 is 0.830 bits per heavy atom. The summed E-state index contributed by atoms with van der Waals surface area (Å²) >= 11 is 0. The number of unbranched alkanes of at least 4 members (excludes halogenated alkanes) is 1. The Labute approximate surface area is 316 Å². The summed E-state index contributed by atoms with van der Waals surface area (Å²) in [5, 5.41) is 25.8. The predicted octanol–water partition coefficient (Wildman–Crippen LogP) is 0.908. The Kier molecular flexibility index (Phi) is 23.5. The third kappa shape index (κ3) is 20.3. The number of amides is 6. The van der Waals surface area contributed by atoms with Crippen molar-refractivity contribution in [3.05, 3.63) is 0 Å². The lowest BCUT2D eigenvalue weighted by Gasteiger charge is -2.30. The molecule has 16 heteroatoms. The largest absolute Gasteiger partial charge is 0.480 e. The molecule has 11 N–H and O–H groups in total. The maximum atomic E-state index is 13.8. The first-order chi connectivity index (χ1) is 24.6. The van der Waals surface area contributed by atoms with E-state index in [0.29, 0.717) is 25.8 Å². The molecule has 6 amide bonds. The second kappa shape index (κ2) is 25.3. The van der Waals surface area contributed by atoms with Crippen LogP contribution in [0.3, 0.4) is 0 Å². The zero-order valence-electron chi connectivity index (χ0n) is 33.7. The minimum absolute atomic E-state index is 0.00978. The molecule has 0 spiro atoms. The summed E-state index contributed by atoms with van der Waals surface area (Å²) < 4.78 is 0. The van der Waals surface area contributed by atoms with E-state index in [1.54, 1.807) is 13.8 Å². The number of hydrogen-bond donors (Lipinski definition) is 9. The van der Waals surface area contributed by atoms with Gasteiger partial charge in [0.05, 0.1) is 6.54 Å². The summed E-state index contributed by atoms with van der Waals surface area (Å²) in [7, 11) is 0. The lowest BCUT2D eigenvalue weighted by Crippen LogP contribution is -2.60. The van der Waals surface area contributed by atoms with Crippen molar-refractivity contribution in [3.8, 4) is 0 Å². The van der Waals surface area contributed by atoms with Gasteiger partial charge in [-0.25, -0.2) is 4.79 Å². The van der Waals surface area contributed by atoms with Crippen LogP contribution in [0.2, 0.25) is 0 Å². The molecule has 306 valence electrons. The summed E-state index contributed by atoms with van der Waals surface area (Å²) in [6, 6.07) is -6.37. The lowest BCUT2D eigenvalue weighted by atomic mass is 9.97. The summed E-state index contributed by atoms with van der Waals surface area (Å²) in [5.74, 6) is -5.25. The maximum Gasteiger partial charge on any atom is 0.326 e. The monoisotopic (exact) mass is 755 g/mol. The van der Waals surface area contributed by atoms with E-state index in [1.807, 2.05) is 55.4 Å². The smallest absolute Gasteiger partial charge is 0.326 e. The van der Waals surface area contributed by atoms with Gasteiger partial charge in [0.25, 0.3) is 0 Å². The molecule has 16 nitrogen and oxygen atoms in total. The van der Waals surface area contributed by atoms with Crippen molar-refractivity contribution >= 4 is 41.4 Å². The van der Waals surface area contributed by atoms with Crippen molar-refractivity contribution < 1.29 is 38.7 Å². The van der Waals surface area contributed by atoms with Gasteiger partial charge in [-0.3, -0.25) is 28.8 Å². The second-order valence-corrected chi connectivity index (χ2v) is 15.9. The fourth-order valence-corrected chi connectivity index (χ4v) is 5.68. The molecule has 0 aromatic rings. The predicted molar refractivity (Wildman–Crippen MR) is 204 cm³/mol. The Hall–Kier alpha value is -3.79. The molecule has 0 aromatic heterocycles. The molecule has 0 saturated heterocycles. The molecule has 0 saturated carbocycles. The highest BCUT2D eigenvalue weighted by Crippen LogP contribution is 2.13. The molecule has 53 heavy (non-hydrogen) atoms. The highest BCUT2D eigenvalue weighted by Gasteiger charge is 2.35. The van der Waals surface area contributed by atoms with Gasteiger partial charge in [0, 0.05) is 0 Å². The molecular weight excluding hydrogens is 684 g/mol. The van der Waals surface area contributed by atoms with E-state index < -0.39 is 83.6 Å². The van der Waals surface area contributed by atoms with Crippen LogP contribution in [-0.2, 0) is 33.6 Å². The fraction of sp³-hybridized carbons (Fsp3) is 0.811. The highest BCUT2D eigenvalue weighted by atomic mass is 16.4. The van der Waals surface area contributed by atoms with Gasteiger partial charge in [0.15, 0.2) is 0 Å². The van der Waals surface area contributed by atoms with E-state index in [0.717, 1.165) is 0 Å². The molecule has 0 radical (unpaired) electrons. The van der Waals surface area contributed by atoms with Crippen LogP contribution >= 0.6 is 0 Å². The van der Waals surface area contributed by atoms with Gasteiger partial charge in [-0.2, -0.15) is 0 Å². The number of nitrogens with two attached hydrogens (primary N) is 2. The molecule has 6 atom stereocenters. The van der Waals surface area contributed by atoms with Gasteiger partial charge in [-0.1, -0.05) is 69.2 Å². The summed E-state index contributed by atoms with van der Waals surface area (Å²) in [4.78, 5) is 91.8. The van der Waals surface area contributed by atoms with Crippen LogP contribution in [0.4, 0.5) is 0 Å². The molecule has 0 rings (SSSR count). The lowest BCUT2D eigenvalue weighted by molar-refractivity contribution is -0.143. The number of carbonyl (C=O) groups is 7. The number of nitrogens with one attached hydrogen (secondary N) is 6. The number of carboxylic acid groups (broad SMARTS) is 1. The van der Waals surface area contributed by atoms with E-state index in [2.05, 4.69) is 31.9 Å². The normalized spacial score (nSPS) is 15.0. The summed E-state index contributed by atoms with van der Waals surface area (Å²) in [5.41, 5.74) is 11.1. The van der Waals surface area contributed by atoms with E-state index in [4.69, 9.17) is 11.5 Å². The van der Waals surface area contributed by atoms with Crippen molar-refractivity contribution in [3.63, 3.8) is 0 Å². The first-order valence-electron chi connectivity index (χ1n) is 19.1. The maximum absolute atomic E-state index is 13.8. The van der Waals surface area contributed by atoms with Crippen LogP contribution < -0.4 is 43.4 Å². The average molecular weight is 755 g/mol. The third-order valence-corrected chi connectivity index (χ3v) is 8.37. The van der Waals surface area contributed by atoms with Crippen LogP contribution in [0.25, 0.3) is 0 Å². The minimum atomic E-state index is -1.19. The number of aliphatic carboxylic acids is 1. The van der Waals surface area contributed by atoms with E-state index in [9.17, 15) is 38.7 Å². The first kappa shape index (κ1) is 49.2. The van der Waals surface area contributed by atoms with Crippen LogP contribution in [0, 0.1) is 29.6 Å². The number of carboxylic acids is 1. The molecule has 0 aliphatic rings. The number of carbonyl (C=O) groups excluding carboxylic acids is 6. The number of hydrogen-bond acceptors (Lipinski definition) is 9.